The van der Waals surface area contributed by atoms with Crippen LogP contribution in [0.3, 0.4) is 0 Å². The normalized spacial score (nSPS) is 24.5. The Morgan fingerprint density at radius 3 is 2.55 bits per heavy atom. The molecule has 192 valence electrons. The van der Waals surface area contributed by atoms with E-state index in [-0.39, 0.29) is 17.3 Å². The van der Waals surface area contributed by atoms with Gasteiger partial charge in [-0.1, -0.05) is 30.4 Å². The second-order valence-corrected chi connectivity index (χ2v) is 9.75. The molecule has 8 heteroatoms. The van der Waals surface area contributed by atoms with Crippen molar-refractivity contribution in [2.24, 2.45) is 5.92 Å². The number of rotatable bonds is 5. The molecule has 3 aromatic carbocycles. The number of carbonyl (C=O) groups is 3. The molecule has 38 heavy (non-hydrogen) atoms. The molecular weight excluding hydrogens is 487 g/mol. The highest BCUT2D eigenvalue weighted by Gasteiger charge is 2.70. The summed E-state index contributed by atoms with van der Waals surface area (Å²) < 4.78 is 25.1. The van der Waals surface area contributed by atoms with E-state index in [1.54, 1.807) is 42.5 Å². The minimum absolute atomic E-state index is 0.211. The summed E-state index contributed by atoms with van der Waals surface area (Å²) in [5.74, 6) is -1.85. The van der Waals surface area contributed by atoms with Gasteiger partial charge in [0.25, 0.3) is 0 Å². The topological polar surface area (TPSA) is 84.9 Å². The van der Waals surface area contributed by atoms with Crippen LogP contribution in [0.5, 0.6) is 11.5 Å². The monoisotopic (exact) mass is 512 g/mol. The molecule has 3 aliphatic heterocycles. The van der Waals surface area contributed by atoms with Gasteiger partial charge in [-0.15, -0.1) is 0 Å². The van der Waals surface area contributed by atoms with Crippen molar-refractivity contribution in [3.8, 4) is 11.5 Å². The van der Waals surface area contributed by atoms with E-state index in [4.69, 9.17) is 9.47 Å². The van der Waals surface area contributed by atoms with Gasteiger partial charge in [-0.2, -0.15) is 0 Å². The molecule has 3 heterocycles. The van der Waals surface area contributed by atoms with Crippen molar-refractivity contribution in [2.45, 2.75) is 24.4 Å². The van der Waals surface area contributed by atoms with E-state index in [9.17, 15) is 18.8 Å². The van der Waals surface area contributed by atoms with Crippen LogP contribution in [0, 0.1) is 11.7 Å². The molecule has 0 aliphatic carbocycles. The number of ether oxygens (including phenoxy) is 2. The fourth-order valence-electron chi connectivity index (χ4n) is 6.48. The number of para-hydroxylation sites is 1. The number of carbonyl (C=O) groups excluding carboxylic acids is 3. The predicted molar refractivity (Wildman–Crippen MR) is 140 cm³/mol. The van der Waals surface area contributed by atoms with Gasteiger partial charge in [-0.25, -0.2) is 4.39 Å². The number of fused-ring (bicyclic) bond motifs is 6. The van der Waals surface area contributed by atoms with E-state index in [2.05, 4.69) is 5.32 Å². The number of nitrogens with one attached hydrogen (secondary N) is 1. The van der Waals surface area contributed by atoms with Crippen molar-refractivity contribution in [3.05, 3.63) is 89.2 Å². The van der Waals surface area contributed by atoms with Crippen LogP contribution in [0.2, 0.25) is 0 Å². The minimum Gasteiger partial charge on any atom is -0.497 e. The van der Waals surface area contributed by atoms with Crippen molar-refractivity contribution in [1.29, 1.82) is 0 Å². The van der Waals surface area contributed by atoms with Crippen LogP contribution < -0.4 is 19.7 Å². The molecule has 0 unspecified atom stereocenters. The summed E-state index contributed by atoms with van der Waals surface area (Å²) in [5.41, 5.74) is 1.17. The first-order valence-corrected chi connectivity index (χ1v) is 12.3. The molecule has 1 amide bonds. The Morgan fingerprint density at radius 2 is 1.82 bits per heavy atom. The number of methoxy groups -OCH3 is 2. The van der Waals surface area contributed by atoms with Crippen LogP contribution in [-0.2, 0) is 15.0 Å². The number of anilines is 2. The number of Topliss-reactive ketones (excluding diaryl/α,β-unsaturated/α-hetero) is 2. The lowest BCUT2D eigenvalue weighted by molar-refractivity contribution is -0.122. The van der Waals surface area contributed by atoms with E-state index in [0.29, 0.717) is 34.0 Å². The molecule has 4 atom stereocenters. The molecule has 0 saturated carbocycles. The fraction of sp³-hybridized carbons (Fsp3) is 0.233. The van der Waals surface area contributed by atoms with Gasteiger partial charge in [-0.05, 0) is 55.0 Å². The summed E-state index contributed by atoms with van der Waals surface area (Å²) >= 11 is 0. The quantitative estimate of drug-likeness (QED) is 0.510. The third-order valence-corrected chi connectivity index (χ3v) is 7.97. The zero-order valence-electron chi connectivity index (χ0n) is 21.0. The van der Waals surface area contributed by atoms with E-state index in [1.807, 2.05) is 23.1 Å². The maximum atomic E-state index is 14.7. The Hall–Kier alpha value is -4.46. The molecular formula is C30H25FN2O5. The SMILES string of the molecule is COc1ccc(OC)c(C(=O)[C@@H]2[C@H](C(C)=O)N3c4ccc(F)cc4C=C[C@H]3[C@@]23C(=O)Nc2ccccc23)c1. The van der Waals surface area contributed by atoms with Crippen LogP contribution in [0.15, 0.2) is 66.7 Å². The van der Waals surface area contributed by atoms with Gasteiger partial charge in [0.15, 0.2) is 11.6 Å². The third-order valence-electron chi connectivity index (χ3n) is 7.97. The molecule has 3 aromatic rings. The first-order chi connectivity index (χ1) is 18.3. The highest BCUT2D eigenvalue weighted by Crippen LogP contribution is 2.58. The van der Waals surface area contributed by atoms with Crippen LogP contribution in [0.25, 0.3) is 6.08 Å². The first-order valence-electron chi connectivity index (χ1n) is 12.3. The van der Waals surface area contributed by atoms with Gasteiger partial charge >= 0.3 is 0 Å². The van der Waals surface area contributed by atoms with Crippen molar-refractivity contribution < 1.29 is 28.2 Å². The van der Waals surface area contributed by atoms with Gasteiger partial charge in [0.1, 0.15) is 22.7 Å². The largest absolute Gasteiger partial charge is 0.497 e. The summed E-state index contributed by atoms with van der Waals surface area (Å²) in [7, 11) is 2.95. The van der Waals surface area contributed by atoms with Gasteiger partial charge < -0.3 is 19.7 Å². The van der Waals surface area contributed by atoms with Gasteiger partial charge in [0, 0.05) is 16.9 Å². The Balaban J connectivity index is 1.66. The zero-order valence-corrected chi connectivity index (χ0v) is 21.0. The van der Waals surface area contributed by atoms with Crippen molar-refractivity contribution in [2.75, 3.05) is 24.4 Å². The smallest absolute Gasteiger partial charge is 0.238 e. The minimum atomic E-state index is -1.43. The average molecular weight is 513 g/mol. The first kappa shape index (κ1) is 23.9. The Bertz CT molecular complexity index is 1550. The van der Waals surface area contributed by atoms with Gasteiger partial charge in [0.05, 0.1) is 37.8 Å². The number of hydrogen-bond acceptors (Lipinski definition) is 6. The second-order valence-electron chi connectivity index (χ2n) is 9.75. The van der Waals surface area contributed by atoms with Gasteiger partial charge in [-0.3, -0.25) is 14.4 Å². The summed E-state index contributed by atoms with van der Waals surface area (Å²) in [6.45, 7) is 1.42. The van der Waals surface area contributed by atoms with E-state index in [0.717, 1.165) is 0 Å². The number of halogens is 1. The average Bonchev–Trinajstić information content (AvgIpc) is 3.40. The molecule has 0 radical (unpaired) electrons. The Labute approximate surface area is 218 Å². The summed E-state index contributed by atoms with van der Waals surface area (Å²) in [5, 5.41) is 2.96. The summed E-state index contributed by atoms with van der Waals surface area (Å²) in [6.07, 6.45) is 3.56. The van der Waals surface area contributed by atoms with E-state index >= 15 is 0 Å². The maximum absolute atomic E-state index is 14.7. The molecule has 1 saturated heterocycles. The van der Waals surface area contributed by atoms with Crippen molar-refractivity contribution >= 4 is 34.9 Å². The lowest BCUT2D eigenvalue weighted by Gasteiger charge is -2.37. The van der Waals surface area contributed by atoms with Gasteiger partial charge in [0.2, 0.25) is 5.91 Å². The van der Waals surface area contributed by atoms with Crippen LogP contribution in [0.1, 0.15) is 28.4 Å². The number of nitrogens with zero attached hydrogens (tertiary/aromatic N) is 1. The van der Waals surface area contributed by atoms with E-state index < -0.39 is 35.0 Å². The lowest BCUT2D eigenvalue weighted by atomic mass is 9.64. The van der Waals surface area contributed by atoms with Crippen molar-refractivity contribution in [1.82, 2.24) is 0 Å². The molecule has 1 N–H and O–H groups in total. The zero-order chi connectivity index (χ0) is 26.8. The van der Waals surface area contributed by atoms with E-state index in [1.165, 1.54) is 33.3 Å². The highest BCUT2D eigenvalue weighted by molar-refractivity contribution is 6.17. The molecule has 6 rings (SSSR count). The Kier molecular flexibility index (Phi) is 5.38. The molecule has 3 aliphatic rings. The molecule has 0 bridgehead atoms. The summed E-state index contributed by atoms with van der Waals surface area (Å²) in [4.78, 5) is 44.1. The number of amides is 1. The molecule has 1 fully saturated rings. The highest BCUT2D eigenvalue weighted by atomic mass is 19.1. The van der Waals surface area contributed by atoms with Crippen LogP contribution >= 0.6 is 0 Å². The number of hydrogen-bond donors (Lipinski definition) is 1. The van der Waals surface area contributed by atoms with Crippen LogP contribution in [0.4, 0.5) is 15.8 Å². The molecule has 0 aromatic heterocycles. The predicted octanol–water partition coefficient (Wildman–Crippen LogP) is 4.41. The standard InChI is InChI=1S/C30H25FN2O5/c1-16(34)27-26(28(35)20-15-19(37-2)10-12-24(20)38-3)30(21-6-4-5-7-22(21)32-29(30)36)25-13-8-17-14-18(31)9-11-23(17)33(25)27/h4-15,25-27H,1-3H3,(H,32,36)/t25-,26-,27-,30+/m0/s1. The molecule has 1 spiro atoms. The second kappa shape index (κ2) is 8.55. The number of ketones is 2. The molecule has 7 nitrogen and oxygen atoms in total. The van der Waals surface area contributed by atoms with Crippen molar-refractivity contribution in [3.63, 3.8) is 0 Å². The summed E-state index contributed by atoms with van der Waals surface area (Å²) in [6, 6.07) is 14.7. The van der Waals surface area contributed by atoms with Crippen LogP contribution in [-0.4, -0.2) is 43.8 Å². The third kappa shape index (κ3) is 3.09. The Morgan fingerprint density at radius 1 is 1.03 bits per heavy atom. The lowest BCUT2D eigenvalue weighted by Crippen LogP contribution is -2.51. The fourth-order valence-corrected chi connectivity index (χ4v) is 6.48. The maximum Gasteiger partial charge on any atom is 0.238 e. The number of benzene rings is 3.